The molecule has 14 heavy (non-hydrogen) atoms. The summed E-state index contributed by atoms with van der Waals surface area (Å²) in [5.74, 6) is 0.861. The lowest BCUT2D eigenvalue weighted by Crippen LogP contribution is -2.14. The monoisotopic (exact) mass is 194 g/mol. The van der Waals surface area contributed by atoms with Crippen LogP contribution in [0.1, 0.15) is 32.8 Å². The highest BCUT2D eigenvalue weighted by atomic mass is 16.5. The molecule has 2 nitrogen and oxygen atoms in total. The molecule has 2 heteroatoms. The Bertz CT molecular complexity index is 269. The van der Waals surface area contributed by atoms with Crippen LogP contribution in [0.5, 0.6) is 5.75 Å². The predicted molar refractivity (Wildman–Crippen MR) is 57.5 cm³/mol. The van der Waals surface area contributed by atoms with Crippen molar-refractivity contribution in [3.05, 3.63) is 29.8 Å². The zero-order chi connectivity index (χ0) is 10.6. The number of benzene rings is 1. The molecule has 0 aliphatic carbocycles. The lowest BCUT2D eigenvalue weighted by atomic mass is 9.99. The average molecular weight is 194 g/mol. The van der Waals surface area contributed by atoms with E-state index in [1.807, 2.05) is 24.3 Å². The van der Waals surface area contributed by atoms with Gasteiger partial charge in [0.1, 0.15) is 5.75 Å². The van der Waals surface area contributed by atoms with Crippen molar-refractivity contribution in [1.82, 2.24) is 0 Å². The first kappa shape index (κ1) is 11.1. The second-order valence-electron chi connectivity index (χ2n) is 3.93. The summed E-state index contributed by atoms with van der Waals surface area (Å²) in [5.41, 5.74) is 0.130. The second kappa shape index (κ2) is 4.47. The second-order valence-corrected chi connectivity index (χ2v) is 3.93. The molecule has 0 saturated carbocycles. The van der Waals surface area contributed by atoms with E-state index in [9.17, 15) is 5.11 Å². The van der Waals surface area contributed by atoms with Crippen LogP contribution in [0.2, 0.25) is 0 Å². The van der Waals surface area contributed by atoms with E-state index in [1.54, 1.807) is 13.8 Å². The van der Waals surface area contributed by atoms with Crippen LogP contribution in [0, 0.1) is 0 Å². The number of hydrogen-bond acceptors (Lipinski definition) is 2. The van der Waals surface area contributed by atoms with Crippen LogP contribution in [0.4, 0.5) is 0 Å². The van der Waals surface area contributed by atoms with Crippen LogP contribution in [0.3, 0.4) is 0 Å². The summed E-state index contributed by atoms with van der Waals surface area (Å²) in [7, 11) is 0. The van der Waals surface area contributed by atoms with Crippen LogP contribution in [-0.4, -0.2) is 11.7 Å². The summed E-state index contributed by atoms with van der Waals surface area (Å²) in [4.78, 5) is 0. The van der Waals surface area contributed by atoms with Crippen LogP contribution in [0.25, 0.3) is 0 Å². The van der Waals surface area contributed by atoms with Gasteiger partial charge in [0.25, 0.3) is 0 Å². The average Bonchev–Trinajstić information content (AvgIpc) is 2.14. The molecule has 1 rings (SSSR count). The Labute approximate surface area is 85.5 Å². The molecule has 0 aromatic heterocycles. The molecule has 0 bridgehead atoms. The quantitative estimate of drug-likeness (QED) is 0.798. The molecule has 0 fully saturated rings. The van der Waals surface area contributed by atoms with Gasteiger partial charge in [-0.1, -0.05) is 19.1 Å². The lowest BCUT2D eigenvalue weighted by Gasteiger charge is -2.17. The topological polar surface area (TPSA) is 29.5 Å². The fourth-order valence-corrected chi connectivity index (χ4v) is 1.18. The predicted octanol–water partition coefficient (Wildman–Crippen LogP) is 2.70. The third kappa shape index (κ3) is 3.04. The Kier molecular flexibility index (Phi) is 3.53. The van der Waals surface area contributed by atoms with E-state index in [-0.39, 0.29) is 0 Å². The molecule has 1 N–H and O–H groups in total. The first-order valence-corrected chi connectivity index (χ1v) is 4.99. The molecule has 0 aliphatic rings. The van der Waals surface area contributed by atoms with Crippen molar-refractivity contribution in [2.75, 3.05) is 6.61 Å². The van der Waals surface area contributed by atoms with E-state index in [0.29, 0.717) is 0 Å². The Morgan fingerprint density at radius 2 is 1.79 bits per heavy atom. The summed E-state index contributed by atoms with van der Waals surface area (Å²) >= 11 is 0. The van der Waals surface area contributed by atoms with E-state index < -0.39 is 5.60 Å². The molecule has 0 amide bonds. The largest absolute Gasteiger partial charge is 0.494 e. The van der Waals surface area contributed by atoms with Gasteiger partial charge in [-0.25, -0.2) is 0 Å². The minimum absolute atomic E-state index is 0.738. The molecule has 0 spiro atoms. The molecular formula is C12H18O2. The number of ether oxygens (including phenoxy) is 1. The van der Waals surface area contributed by atoms with Gasteiger partial charge in [0.2, 0.25) is 0 Å². The van der Waals surface area contributed by atoms with Gasteiger partial charge >= 0.3 is 0 Å². The zero-order valence-corrected chi connectivity index (χ0v) is 9.08. The third-order valence-electron chi connectivity index (χ3n) is 2.03. The Morgan fingerprint density at radius 1 is 1.21 bits per heavy atom. The molecule has 0 aliphatic heterocycles. The van der Waals surface area contributed by atoms with Crippen molar-refractivity contribution < 1.29 is 9.84 Å². The van der Waals surface area contributed by atoms with Gasteiger partial charge in [0, 0.05) is 0 Å². The SMILES string of the molecule is CCCOc1ccc(C(C)(C)O)cc1. The van der Waals surface area contributed by atoms with Crippen molar-refractivity contribution in [3.8, 4) is 5.75 Å². The molecule has 0 atom stereocenters. The molecular weight excluding hydrogens is 176 g/mol. The van der Waals surface area contributed by atoms with Gasteiger partial charge in [-0.05, 0) is 38.0 Å². The van der Waals surface area contributed by atoms with E-state index in [4.69, 9.17) is 4.74 Å². The highest BCUT2D eigenvalue weighted by Crippen LogP contribution is 2.22. The summed E-state index contributed by atoms with van der Waals surface area (Å²) in [6, 6.07) is 7.57. The van der Waals surface area contributed by atoms with Crippen molar-refractivity contribution in [2.45, 2.75) is 32.8 Å². The minimum atomic E-state index is -0.775. The number of hydrogen-bond donors (Lipinski definition) is 1. The fraction of sp³-hybridized carbons (Fsp3) is 0.500. The lowest BCUT2D eigenvalue weighted by molar-refractivity contribution is 0.0785. The molecule has 0 unspecified atom stereocenters. The Balaban J connectivity index is 2.69. The summed E-state index contributed by atoms with van der Waals surface area (Å²) in [5, 5.41) is 9.72. The summed E-state index contributed by atoms with van der Waals surface area (Å²) < 4.78 is 5.44. The van der Waals surface area contributed by atoms with Gasteiger partial charge in [-0.3, -0.25) is 0 Å². The van der Waals surface area contributed by atoms with Gasteiger partial charge in [-0.2, -0.15) is 0 Å². The fourth-order valence-electron chi connectivity index (χ4n) is 1.18. The van der Waals surface area contributed by atoms with E-state index in [0.717, 1.165) is 24.3 Å². The number of aliphatic hydroxyl groups is 1. The van der Waals surface area contributed by atoms with Gasteiger partial charge in [-0.15, -0.1) is 0 Å². The Morgan fingerprint density at radius 3 is 2.21 bits per heavy atom. The van der Waals surface area contributed by atoms with Crippen LogP contribution in [0.15, 0.2) is 24.3 Å². The molecule has 1 aromatic carbocycles. The third-order valence-corrected chi connectivity index (χ3v) is 2.03. The summed E-state index contributed by atoms with van der Waals surface area (Å²) in [6.07, 6.45) is 1.01. The highest BCUT2D eigenvalue weighted by molar-refractivity contribution is 5.30. The summed E-state index contributed by atoms with van der Waals surface area (Å²) in [6.45, 7) is 6.36. The highest BCUT2D eigenvalue weighted by Gasteiger charge is 2.14. The Hall–Kier alpha value is -1.02. The van der Waals surface area contributed by atoms with E-state index in [1.165, 1.54) is 0 Å². The van der Waals surface area contributed by atoms with Crippen molar-refractivity contribution in [2.24, 2.45) is 0 Å². The van der Waals surface area contributed by atoms with Gasteiger partial charge in [0.05, 0.1) is 12.2 Å². The molecule has 0 radical (unpaired) electrons. The smallest absolute Gasteiger partial charge is 0.119 e. The maximum Gasteiger partial charge on any atom is 0.119 e. The zero-order valence-electron chi connectivity index (χ0n) is 9.08. The van der Waals surface area contributed by atoms with E-state index in [2.05, 4.69) is 6.92 Å². The normalized spacial score (nSPS) is 11.4. The minimum Gasteiger partial charge on any atom is -0.494 e. The molecule has 0 saturated heterocycles. The van der Waals surface area contributed by atoms with Crippen LogP contribution >= 0.6 is 0 Å². The van der Waals surface area contributed by atoms with Crippen LogP contribution < -0.4 is 4.74 Å². The van der Waals surface area contributed by atoms with Crippen molar-refractivity contribution in [1.29, 1.82) is 0 Å². The first-order valence-electron chi connectivity index (χ1n) is 4.99. The van der Waals surface area contributed by atoms with E-state index >= 15 is 0 Å². The number of rotatable bonds is 4. The standard InChI is InChI=1S/C12H18O2/c1-4-9-14-11-7-5-10(6-8-11)12(2,3)13/h5-8,13H,4,9H2,1-3H3. The van der Waals surface area contributed by atoms with Crippen molar-refractivity contribution >= 4 is 0 Å². The first-order chi connectivity index (χ1) is 6.54. The van der Waals surface area contributed by atoms with Gasteiger partial charge in [0.15, 0.2) is 0 Å². The van der Waals surface area contributed by atoms with Crippen molar-refractivity contribution in [3.63, 3.8) is 0 Å². The molecule has 0 heterocycles. The maximum absolute atomic E-state index is 9.72. The van der Waals surface area contributed by atoms with Crippen LogP contribution in [-0.2, 0) is 5.60 Å². The maximum atomic E-state index is 9.72. The molecule has 78 valence electrons. The van der Waals surface area contributed by atoms with Gasteiger partial charge < -0.3 is 9.84 Å². The molecule has 1 aromatic rings.